The molecule has 0 aliphatic carbocycles. The molecule has 6 heteroatoms. The maximum Gasteiger partial charge on any atom is 0.337 e. The van der Waals surface area contributed by atoms with Crippen molar-refractivity contribution in [1.82, 2.24) is 0 Å². The summed E-state index contributed by atoms with van der Waals surface area (Å²) in [5, 5.41) is 3.02. The average molecular weight is 313 g/mol. The summed E-state index contributed by atoms with van der Waals surface area (Å²) in [7, 11) is 1.29. The summed E-state index contributed by atoms with van der Waals surface area (Å²) < 4.78 is 4.63. The first-order valence-corrected chi connectivity index (χ1v) is 6.96. The molecule has 0 radical (unpaired) electrons. The molecule has 21 heavy (non-hydrogen) atoms. The third-order valence-corrected chi connectivity index (χ3v) is 3.51. The number of benzene rings is 1. The minimum absolute atomic E-state index is 0.169. The first kappa shape index (κ1) is 17.5. The molecular weight excluding hydrogens is 292 g/mol. The number of carbonyl (C=O) groups excluding carboxylic acids is 2. The number of nitrogens with one attached hydrogen (secondary N) is 1. The average Bonchev–Trinajstić information content (AvgIpc) is 2.39. The van der Waals surface area contributed by atoms with Gasteiger partial charge in [-0.25, -0.2) is 4.79 Å². The molecule has 1 aromatic rings. The van der Waals surface area contributed by atoms with E-state index in [2.05, 4.69) is 10.1 Å². The number of ether oxygens (including phenoxy) is 1. The van der Waals surface area contributed by atoms with Crippen LogP contribution in [0.25, 0.3) is 0 Å². The van der Waals surface area contributed by atoms with Crippen LogP contribution in [0.5, 0.6) is 0 Å². The zero-order valence-electron chi connectivity index (χ0n) is 12.7. The number of hydrogen-bond donors (Lipinski definition) is 2. The van der Waals surface area contributed by atoms with Crippen LogP contribution in [0.2, 0.25) is 5.02 Å². The Morgan fingerprint density at radius 3 is 2.52 bits per heavy atom. The number of rotatable bonds is 4. The number of amides is 1. The van der Waals surface area contributed by atoms with Gasteiger partial charge in [0.15, 0.2) is 0 Å². The predicted molar refractivity (Wildman–Crippen MR) is 83.5 cm³/mol. The lowest BCUT2D eigenvalue weighted by molar-refractivity contribution is -0.117. The van der Waals surface area contributed by atoms with E-state index < -0.39 is 5.97 Å². The summed E-state index contributed by atoms with van der Waals surface area (Å²) in [6, 6.07) is 4.27. The van der Waals surface area contributed by atoms with E-state index in [9.17, 15) is 9.59 Å². The summed E-state index contributed by atoms with van der Waals surface area (Å²) in [5.41, 5.74) is 6.49. The fourth-order valence-electron chi connectivity index (χ4n) is 1.57. The van der Waals surface area contributed by atoms with E-state index in [1.54, 1.807) is 0 Å². The lowest BCUT2D eigenvalue weighted by Gasteiger charge is -2.26. The van der Waals surface area contributed by atoms with Gasteiger partial charge in [-0.1, -0.05) is 32.4 Å². The number of nitrogens with two attached hydrogens (primary N) is 1. The molecule has 3 N–H and O–H groups in total. The van der Waals surface area contributed by atoms with Gasteiger partial charge in [0.25, 0.3) is 0 Å². The van der Waals surface area contributed by atoms with E-state index >= 15 is 0 Å². The fraction of sp³-hybridized carbons (Fsp3) is 0.467. The summed E-state index contributed by atoms with van der Waals surface area (Å²) in [5.74, 6) is -0.741. The Morgan fingerprint density at radius 1 is 1.38 bits per heavy atom. The molecule has 1 amide bonds. The van der Waals surface area contributed by atoms with Crippen LogP contribution in [0.3, 0.4) is 0 Å². The van der Waals surface area contributed by atoms with Crippen molar-refractivity contribution >= 4 is 29.2 Å². The second-order valence-corrected chi connectivity index (χ2v) is 6.32. The number of halogens is 1. The van der Waals surface area contributed by atoms with E-state index in [0.29, 0.717) is 16.3 Å². The molecule has 1 rings (SSSR count). The molecule has 116 valence electrons. The van der Waals surface area contributed by atoms with Gasteiger partial charge in [-0.2, -0.15) is 0 Å². The monoisotopic (exact) mass is 312 g/mol. The lowest BCUT2D eigenvalue weighted by Crippen LogP contribution is -2.38. The van der Waals surface area contributed by atoms with Crippen molar-refractivity contribution in [2.45, 2.75) is 33.2 Å². The third-order valence-electron chi connectivity index (χ3n) is 3.18. The Morgan fingerprint density at radius 2 is 2.00 bits per heavy atom. The quantitative estimate of drug-likeness (QED) is 0.838. The first-order chi connectivity index (χ1) is 9.65. The first-order valence-electron chi connectivity index (χ1n) is 6.58. The van der Waals surface area contributed by atoms with Crippen molar-refractivity contribution in [3.63, 3.8) is 0 Å². The molecule has 0 saturated carbocycles. The van der Waals surface area contributed by atoms with Crippen LogP contribution in [-0.2, 0) is 9.53 Å². The molecule has 0 aliphatic heterocycles. The fourth-order valence-corrected chi connectivity index (χ4v) is 1.74. The molecule has 0 bridgehead atoms. The van der Waals surface area contributed by atoms with E-state index in [1.807, 2.05) is 20.8 Å². The van der Waals surface area contributed by atoms with E-state index in [1.165, 1.54) is 25.3 Å². The Hall–Kier alpha value is -1.59. The van der Waals surface area contributed by atoms with Gasteiger partial charge in [0.1, 0.15) is 0 Å². The predicted octanol–water partition coefficient (Wildman–Crippen LogP) is 2.83. The molecule has 0 aliphatic rings. The van der Waals surface area contributed by atoms with E-state index in [-0.39, 0.29) is 23.8 Å². The number of carbonyl (C=O) groups is 2. The third kappa shape index (κ3) is 5.02. The van der Waals surface area contributed by atoms with Crippen LogP contribution in [-0.4, -0.2) is 25.0 Å². The number of esters is 1. The van der Waals surface area contributed by atoms with Gasteiger partial charge in [0.2, 0.25) is 5.91 Å². The van der Waals surface area contributed by atoms with Gasteiger partial charge in [-0.05, 0) is 23.6 Å². The number of hydrogen-bond acceptors (Lipinski definition) is 4. The lowest BCUT2D eigenvalue weighted by atomic mass is 9.85. The van der Waals surface area contributed by atoms with E-state index in [4.69, 9.17) is 17.3 Å². The molecule has 0 fully saturated rings. The molecule has 1 atom stereocenters. The van der Waals surface area contributed by atoms with Crippen LogP contribution in [0.4, 0.5) is 5.69 Å². The highest BCUT2D eigenvalue weighted by Crippen LogP contribution is 2.25. The van der Waals surface area contributed by atoms with Crippen LogP contribution in [0.1, 0.15) is 37.6 Å². The second kappa shape index (κ2) is 6.91. The normalized spacial score (nSPS) is 12.7. The van der Waals surface area contributed by atoms with Crippen molar-refractivity contribution < 1.29 is 14.3 Å². The standard InChI is InChI=1S/C15H21ClN2O3/c1-15(2,3)12(17)8-13(19)18-11-7-9(14(20)21-4)5-6-10(11)16/h5-7,12H,8,17H2,1-4H3,(H,18,19). The summed E-state index contributed by atoms with van der Waals surface area (Å²) in [6.07, 6.45) is 0.169. The highest BCUT2D eigenvalue weighted by atomic mass is 35.5. The van der Waals surface area contributed by atoms with Crippen LogP contribution in [0.15, 0.2) is 18.2 Å². The van der Waals surface area contributed by atoms with Crippen molar-refractivity contribution in [2.75, 3.05) is 12.4 Å². The Bertz CT molecular complexity index is 538. The Labute approximate surface area is 129 Å². The summed E-state index contributed by atoms with van der Waals surface area (Å²) >= 11 is 6.02. The van der Waals surface area contributed by atoms with Crippen molar-refractivity contribution in [3.8, 4) is 0 Å². The highest BCUT2D eigenvalue weighted by molar-refractivity contribution is 6.33. The van der Waals surface area contributed by atoms with Gasteiger partial charge < -0.3 is 15.8 Å². The Kier molecular flexibility index (Phi) is 5.75. The maximum absolute atomic E-state index is 12.0. The Balaban J connectivity index is 2.83. The van der Waals surface area contributed by atoms with Gasteiger partial charge >= 0.3 is 5.97 Å². The van der Waals surface area contributed by atoms with Crippen LogP contribution in [0, 0.1) is 5.41 Å². The van der Waals surface area contributed by atoms with Crippen LogP contribution < -0.4 is 11.1 Å². The smallest absolute Gasteiger partial charge is 0.337 e. The van der Waals surface area contributed by atoms with Crippen molar-refractivity contribution in [3.05, 3.63) is 28.8 Å². The molecule has 0 aromatic heterocycles. The van der Waals surface area contributed by atoms with Crippen molar-refractivity contribution in [1.29, 1.82) is 0 Å². The SMILES string of the molecule is COC(=O)c1ccc(Cl)c(NC(=O)CC(N)C(C)(C)C)c1. The molecule has 0 heterocycles. The zero-order valence-corrected chi connectivity index (χ0v) is 13.5. The summed E-state index contributed by atoms with van der Waals surface area (Å²) in [6.45, 7) is 5.90. The van der Waals surface area contributed by atoms with Crippen molar-refractivity contribution in [2.24, 2.45) is 11.1 Å². The minimum Gasteiger partial charge on any atom is -0.465 e. The summed E-state index contributed by atoms with van der Waals surface area (Å²) in [4.78, 5) is 23.5. The largest absolute Gasteiger partial charge is 0.465 e. The molecule has 1 unspecified atom stereocenters. The van der Waals surface area contributed by atoms with Gasteiger partial charge in [0.05, 0.1) is 23.4 Å². The molecule has 5 nitrogen and oxygen atoms in total. The minimum atomic E-state index is -0.492. The molecule has 0 saturated heterocycles. The number of anilines is 1. The molecule has 0 spiro atoms. The second-order valence-electron chi connectivity index (χ2n) is 5.91. The number of methoxy groups -OCH3 is 1. The van der Waals surface area contributed by atoms with E-state index in [0.717, 1.165) is 0 Å². The highest BCUT2D eigenvalue weighted by Gasteiger charge is 2.23. The van der Waals surface area contributed by atoms with Gasteiger partial charge in [-0.15, -0.1) is 0 Å². The van der Waals surface area contributed by atoms with Gasteiger partial charge in [0, 0.05) is 12.5 Å². The molecule has 1 aromatic carbocycles. The maximum atomic E-state index is 12.0. The van der Waals surface area contributed by atoms with Crippen LogP contribution >= 0.6 is 11.6 Å². The molecular formula is C15H21ClN2O3. The zero-order chi connectivity index (χ0) is 16.2. The topological polar surface area (TPSA) is 81.4 Å². The van der Waals surface area contributed by atoms with Gasteiger partial charge in [-0.3, -0.25) is 4.79 Å².